The molecule has 0 bridgehead atoms. The molecule has 1 saturated heterocycles. The Balaban J connectivity index is 1.71. The van der Waals surface area contributed by atoms with Gasteiger partial charge in [-0.1, -0.05) is 54.4 Å². The molecule has 1 aliphatic heterocycles. The lowest BCUT2D eigenvalue weighted by Crippen LogP contribution is -2.39. The molecule has 0 spiro atoms. The number of hydrogen-bond donors (Lipinski definition) is 2. The summed E-state index contributed by atoms with van der Waals surface area (Å²) in [5.74, 6) is -2.09. The standard InChI is InChI=1S/C23H25Cl2F2N3O/c1-2-14-3-5-15(6-4-14)16(7-12-31)22-28-18-13-17(24)21(19(25)20(18)29-22)30-10-8-23(26,27)9-11-30/h3-6,13,16,31H,2,7-12H2,1H3,(H,28,29)/t16-/m0/s1. The fraction of sp³-hybridized carbons (Fsp3) is 0.435. The molecule has 8 heteroatoms. The Morgan fingerprint density at radius 3 is 2.48 bits per heavy atom. The van der Waals surface area contributed by atoms with Crippen LogP contribution in [0, 0.1) is 0 Å². The van der Waals surface area contributed by atoms with Crippen molar-refractivity contribution in [3.05, 3.63) is 57.3 Å². The van der Waals surface area contributed by atoms with Gasteiger partial charge >= 0.3 is 0 Å². The number of rotatable bonds is 6. The van der Waals surface area contributed by atoms with E-state index in [2.05, 4.69) is 36.2 Å². The summed E-state index contributed by atoms with van der Waals surface area (Å²) in [6, 6.07) is 10.0. The molecule has 166 valence electrons. The maximum atomic E-state index is 13.6. The SMILES string of the molecule is CCc1ccc([C@H](CCO)c2nc3c(Cl)c(N4CCC(F)(F)CC4)c(Cl)cc3[nH]2)cc1. The number of H-pyrrole nitrogens is 1. The number of benzene rings is 2. The van der Waals surface area contributed by atoms with Crippen molar-refractivity contribution in [3.63, 3.8) is 0 Å². The van der Waals surface area contributed by atoms with E-state index in [0.29, 0.717) is 39.0 Å². The molecule has 0 unspecified atom stereocenters. The molecular weight excluding hydrogens is 443 g/mol. The molecule has 1 aromatic heterocycles. The van der Waals surface area contributed by atoms with Crippen LogP contribution in [0.1, 0.15) is 49.1 Å². The van der Waals surface area contributed by atoms with Crippen LogP contribution in [0.15, 0.2) is 30.3 Å². The van der Waals surface area contributed by atoms with E-state index in [-0.39, 0.29) is 38.5 Å². The highest BCUT2D eigenvalue weighted by Gasteiger charge is 2.35. The van der Waals surface area contributed by atoms with Crippen LogP contribution in [0.5, 0.6) is 0 Å². The summed E-state index contributed by atoms with van der Waals surface area (Å²) in [5, 5.41) is 10.4. The van der Waals surface area contributed by atoms with Crippen molar-refractivity contribution < 1.29 is 13.9 Å². The van der Waals surface area contributed by atoms with Gasteiger partial charge in [0.05, 0.1) is 21.2 Å². The lowest BCUT2D eigenvalue weighted by Gasteiger charge is -2.34. The van der Waals surface area contributed by atoms with Crippen LogP contribution in [0.3, 0.4) is 0 Å². The molecule has 0 amide bonds. The van der Waals surface area contributed by atoms with E-state index < -0.39 is 5.92 Å². The van der Waals surface area contributed by atoms with Gasteiger partial charge in [-0.3, -0.25) is 0 Å². The Labute approximate surface area is 190 Å². The van der Waals surface area contributed by atoms with Gasteiger partial charge in [-0.15, -0.1) is 0 Å². The van der Waals surface area contributed by atoms with Gasteiger partial charge in [-0.05, 0) is 30.0 Å². The molecule has 1 atom stereocenters. The van der Waals surface area contributed by atoms with Crippen molar-refractivity contribution in [3.8, 4) is 0 Å². The van der Waals surface area contributed by atoms with E-state index in [9.17, 15) is 13.9 Å². The summed E-state index contributed by atoms with van der Waals surface area (Å²) in [7, 11) is 0. The molecule has 1 fully saturated rings. The number of hydrogen-bond acceptors (Lipinski definition) is 3. The molecule has 2 N–H and O–H groups in total. The monoisotopic (exact) mass is 467 g/mol. The van der Waals surface area contributed by atoms with Gasteiger partial charge in [-0.2, -0.15) is 0 Å². The molecule has 0 aliphatic carbocycles. The number of anilines is 1. The van der Waals surface area contributed by atoms with Crippen LogP contribution in [0.4, 0.5) is 14.5 Å². The first kappa shape index (κ1) is 22.3. The number of aryl methyl sites for hydroxylation is 1. The number of aromatic amines is 1. The Bertz CT molecular complexity index is 1060. The highest BCUT2D eigenvalue weighted by atomic mass is 35.5. The third-order valence-electron chi connectivity index (χ3n) is 6.01. The lowest BCUT2D eigenvalue weighted by atomic mass is 9.94. The van der Waals surface area contributed by atoms with Crippen molar-refractivity contribution in [2.45, 2.75) is 44.4 Å². The number of nitrogens with one attached hydrogen (secondary N) is 1. The maximum absolute atomic E-state index is 13.6. The molecule has 1 aliphatic rings. The average Bonchev–Trinajstić information content (AvgIpc) is 3.17. The fourth-order valence-electron chi connectivity index (χ4n) is 4.18. The highest BCUT2D eigenvalue weighted by Crippen LogP contribution is 2.42. The molecule has 2 aromatic carbocycles. The molecule has 3 aromatic rings. The summed E-state index contributed by atoms with van der Waals surface area (Å²) < 4.78 is 27.2. The second kappa shape index (κ2) is 8.93. The summed E-state index contributed by atoms with van der Waals surface area (Å²) in [4.78, 5) is 9.86. The number of fused-ring (bicyclic) bond motifs is 1. The third kappa shape index (κ3) is 4.52. The predicted octanol–water partition coefficient (Wildman–Crippen LogP) is 6.18. The van der Waals surface area contributed by atoms with Crippen LogP contribution in [0.25, 0.3) is 11.0 Å². The Morgan fingerprint density at radius 1 is 1.19 bits per heavy atom. The second-order valence-corrected chi connectivity index (χ2v) is 8.83. The number of halogens is 4. The molecule has 0 saturated carbocycles. The van der Waals surface area contributed by atoms with Gasteiger partial charge in [0.15, 0.2) is 0 Å². The number of aromatic nitrogens is 2. The van der Waals surface area contributed by atoms with E-state index in [4.69, 9.17) is 28.2 Å². The summed E-state index contributed by atoms with van der Waals surface area (Å²) in [6.45, 7) is 2.49. The zero-order chi connectivity index (χ0) is 22.2. The first-order valence-electron chi connectivity index (χ1n) is 10.5. The predicted molar refractivity (Wildman–Crippen MR) is 122 cm³/mol. The number of aliphatic hydroxyl groups is 1. The summed E-state index contributed by atoms with van der Waals surface area (Å²) >= 11 is 13.2. The van der Waals surface area contributed by atoms with Gasteiger partial charge in [0.2, 0.25) is 0 Å². The number of piperidine rings is 1. The topological polar surface area (TPSA) is 52.2 Å². The van der Waals surface area contributed by atoms with Gasteiger partial charge in [0.25, 0.3) is 5.92 Å². The van der Waals surface area contributed by atoms with Gasteiger partial charge < -0.3 is 15.0 Å². The summed E-state index contributed by atoms with van der Waals surface area (Å²) in [6.07, 6.45) is 1.01. The van der Waals surface area contributed by atoms with Crippen molar-refractivity contribution >= 4 is 39.9 Å². The van der Waals surface area contributed by atoms with Crippen LogP contribution in [0.2, 0.25) is 10.0 Å². The van der Waals surface area contributed by atoms with E-state index in [1.807, 2.05) is 4.90 Å². The molecule has 4 rings (SSSR count). The number of imidazole rings is 1. The number of nitrogens with zero attached hydrogens (tertiary/aromatic N) is 2. The minimum absolute atomic E-state index is 0.0129. The van der Waals surface area contributed by atoms with Crippen molar-refractivity contribution in [2.75, 3.05) is 24.6 Å². The van der Waals surface area contributed by atoms with Gasteiger partial charge in [0, 0.05) is 38.5 Å². The Kier molecular flexibility index (Phi) is 6.42. The van der Waals surface area contributed by atoms with Crippen LogP contribution in [-0.2, 0) is 6.42 Å². The largest absolute Gasteiger partial charge is 0.396 e. The minimum atomic E-state index is -2.65. The molecular formula is C23H25Cl2F2N3O. The zero-order valence-electron chi connectivity index (χ0n) is 17.3. The van der Waals surface area contributed by atoms with Crippen molar-refractivity contribution in [1.82, 2.24) is 9.97 Å². The van der Waals surface area contributed by atoms with Crippen molar-refractivity contribution in [1.29, 1.82) is 0 Å². The van der Waals surface area contributed by atoms with E-state index >= 15 is 0 Å². The highest BCUT2D eigenvalue weighted by molar-refractivity contribution is 6.42. The Hall–Kier alpha value is -1.89. The third-order valence-corrected chi connectivity index (χ3v) is 6.66. The zero-order valence-corrected chi connectivity index (χ0v) is 18.8. The number of alkyl halides is 2. The van der Waals surface area contributed by atoms with Crippen LogP contribution >= 0.6 is 23.2 Å². The van der Waals surface area contributed by atoms with E-state index in [1.54, 1.807) is 6.07 Å². The average molecular weight is 468 g/mol. The minimum Gasteiger partial charge on any atom is -0.396 e. The first-order valence-corrected chi connectivity index (χ1v) is 11.3. The smallest absolute Gasteiger partial charge is 0.251 e. The lowest BCUT2D eigenvalue weighted by molar-refractivity contribution is -0.0220. The molecule has 4 nitrogen and oxygen atoms in total. The van der Waals surface area contributed by atoms with Crippen molar-refractivity contribution in [2.24, 2.45) is 0 Å². The second-order valence-electron chi connectivity index (χ2n) is 8.04. The molecule has 31 heavy (non-hydrogen) atoms. The molecule has 0 radical (unpaired) electrons. The number of aliphatic hydroxyl groups excluding tert-OH is 1. The fourth-order valence-corrected chi connectivity index (χ4v) is 4.91. The Morgan fingerprint density at radius 2 is 1.87 bits per heavy atom. The quantitative estimate of drug-likeness (QED) is 0.454. The maximum Gasteiger partial charge on any atom is 0.251 e. The normalized spacial score (nSPS) is 17.3. The van der Waals surface area contributed by atoms with Gasteiger partial charge in [0.1, 0.15) is 11.3 Å². The first-order chi connectivity index (χ1) is 14.8. The summed E-state index contributed by atoms with van der Waals surface area (Å²) in [5.41, 5.74) is 4.08. The van der Waals surface area contributed by atoms with Gasteiger partial charge in [-0.25, -0.2) is 13.8 Å². The van der Waals surface area contributed by atoms with E-state index in [1.165, 1.54) is 5.56 Å². The van der Waals surface area contributed by atoms with Crippen LogP contribution < -0.4 is 4.90 Å². The van der Waals surface area contributed by atoms with Crippen LogP contribution in [-0.4, -0.2) is 40.7 Å². The molecule has 2 heterocycles. The van der Waals surface area contributed by atoms with E-state index in [0.717, 1.165) is 12.0 Å².